The SMILES string of the molecule is CCC(C(=O)OCc1cc(=O)n2c(n1)sc1ccccc12)c1ccccc1. The van der Waals surface area contributed by atoms with Gasteiger partial charge < -0.3 is 4.74 Å². The highest BCUT2D eigenvalue weighted by atomic mass is 32.1. The molecule has 136 valence electrons. The summed E-state index contributed by atoms with van der Waals surface area (Å²) >= 11 is 1.44. The Morgan fingerprint density at radius 3 is 2.67 bits per heavy atom. The molecular weight excluding hydrogens is 360 g/mol. The van der Waals surface area contributed by atoms with Gasteiger partial charge in [-0.15, -0.1) is 0 Å². The molecule has 0 saturated heterocycles. The Hall–Kier alpha value is -2.99. The maximum Gasteiger partial charge on any atom is 0.313 e. The summed E-state index contributed by atoms with van der Waals surface area (Å²) in [5.74, 6) is -0.623. The third kappa shape index (κ3) is 3.36. The molecule has 0 bridgehead atoms. The zero-order chi connectivity index (χ0) is 18.8. The molecule has 27 heavy (non-hydrogen) atoms. The molecule has 2 heterocycles. The first-order valence-electron chi connectivity index (χ1n) is 8.79. The van der Waals surface area contributed by atoms with E-state index in [1.165, 1.54) is 17.4 Å². The van der Waals surface area contributed by atoms with Gasteiger partial charge >= 0.3 is 5.97 Å². The summed E-state index contributed by atoms with van der Waals surface area (Å²) in [6, 6.07) is 18.7. The fourth-order valence-corrected chi connectivity index (χ4v) is 4.22. The Balaban J connectivity index is 1.57. The van der Waals surface area contributed by atoms with Crippen LogP contribution in [0.1, 0.15) is 30.5 Å². The number of esters is 1. The number of hydrogen-bond acceptors (Lipinski definition) is 5. The predicted molar refractivity (Wildman–Crippen MR) is 106 cm³/mol. The second-order valence-electron chi connectivity index (χ2n) is 6.25. The first-order valence-corrected chi connectivity index (χ1v) is 9.61. The van der Waals surface area contributed by atoms with Crippen LogP contribution >= 0.6 is 11.3 Å². The van der Waals surface area contributed by atoms with Crippen molar-refractivity contribution in [1.82, 2.24) is 9.38 Å². The fraction of sp³-hybridized carbons (Fsp3) is 0.190. The number of carbonyl (C=O) groups is 1. The average Bonchev–Trinajstić information content (AvgIpc) is 3.06. The van der Waals surface area contributed by atoms with Gasteiger partial charge in [-0.2, -0.15) is 0 Å². The molecular formula is C21H18N2O3S. The number of hydrogen-bond donors (Lipinski definition) is 0. The maximum atomic E-state index is 12.5. The van der Waals surface area contributed by atoms with Crippen LogP contribution in [-0.2, 0) is 16.1 Å². The number of para-hydroxylation sites is 1. The van der Waals surface area contributed by atoms with Crippen molar-refractivity contribution >= 4 is 32.5 Å². The zero-order valence-electron chi connectivity index (χ0n) is 14.8. The molecule has 0 aliphatic rings. The molecule has 0 aliphatic carbocycles. The van der Waals surface area contributed by atoms with Gasteiger partial charge in [0.05, 0.1) is 21.8 Å². The van der Waals surface area contributed by atoms with E-state index in [1.807, 2.05) is 61.5 Å². The Morgan fingerprint density at radius 2 is 1.89 bits per heavy atom. The molecule has 0 amide bonds. The van der Waals surface area contributed by atoms with Gasteiger partial charge in [0.15, 0.2) is 4.96 Å². The lowest BCUT2D eigenvalue weighted by Crippen LogP contribution is -2.18. The van der Waals surface area contributed by atoms with E-state index < -0.39 is 0 Å². The molecule has 0 radical (unpaired) electrons. The van der Waals surface area contributed by atoms with Crippen LogP contribution in [0.2, 0.25) is 0 Å². The summed E-state index contributed by atoms with van der Waals surface area (Å²) in [6.45, 7) is 1.94. The maximum absolute atomic E-state index is 12.5. The topological polar surface area (TPSA) is 60.7 Å². The van der Waals surface area contributed by atoms with Gasteiger partial charge in [-0.1, -0.05) is 60.7 Å². The van der Waals surface area contributed by atoms with E-state index in [2.05, 4.69) is 4.98 Å². The summed E-state index contributed by atoms with van der Waals surface area (Å²) < 4.78 is 8.05. The fourth-order valence-electron chi connectivity index (χ4n) is 3.17. The highest BCUT2D eigenvalue weighted by Crippen LogP contribution is 2.24. The van der Waals surface area contributed by atoms with Crippen LogP contribution in [-0.4, -0.2) is 15.4 Å². The van der Waals surface area contributed by atoms with Crippen LogP contribution in [0.15, 0.2) is 65.5 Å². The van der Waals surface area contributed by atoms with Crippen molar-refractivity contribution in [3.05, 3.63) is 82.3 Å². The van der Waals surface area contributed by atoms with Crippen LogP contribution in [0.3, 0.4) is 0 Å². The first-order chi connectivity index (χ1) is 13.2. The number of aromatic nitrogens is 2. The summed E-state index contributed by atoms with van der Waals surface area (Å²) in [5.41, 5.74) is 2.06. The molecule has 2 aromatic heterocycles. The minimum Gasteiger partial charge on any atom is -0.459 e. The summed E-state index contributed by atoms with van der Waals surface area (Å²) in [7, 11) is 0. The minimum atomic E-state index is -0.319. The Morgan fingerprint density at radius 1 is 1.15 bits per heavy atom. The number of thiazole rings is 1. The quantitative estimate of drug-likeness (QED) is 0.490. The Bertz CT molecular complexity index is 1160. The van der Waals surface area contributed by atoms with Gasteiger partial charge in [0, 0.05) is 6.07 Å². The molecule has 6 heteroatoms. The molecule has 0 fully saturated rings. The number of ether oxygens (including phenoxy) is 1. The number of carbonyl (C=O) groups excluding carboxylic acids is 1. The summed E-state index contributed by atoms with van der Waals surface area (Å²) in [6.07, 6.45) is 0.647. The standard InChI is InChI=1S/C21H18N2O3S/c1-2-16(14-8-4-3-5-9-14)20(25)26-13-15-12-19(24)23-17-10-6-7-11-18(17)27-21(23)22-15/h3-12,16H,2,13H2,1H3. The lowest BCUT2D eigenvalue weighted by Gasteiger charge is -2.14. The first kappa shape index (κ1) is 17.4. The molecule has 4 rings (SSSR count). The van der Waals surface area contributed by atoms with E-state index in [1.54, 1.807) is 4.40 Å². The minimum absolute atomic E-state index is 0.0118. The van der Waals surface area contributed by atoms with E-state index in [-0.39, 0.29) is 24.1 Å². The van der Waals surface area contributed by atoms with Crippen molar-refractivity contribution in [2.24, 2.45) is 0 Å². The van der Waals surface area contributed by atoms with E-state index in [4.69, 9.17) is 4.74 Å². The van der Waals surface area contributed by atoms with Crippen molar-refractivity contribution in [1.29, 1.82) is 0 Å². The molecule has 5 nitrogen and oxygen atoms in total. The van der Waals surface area contributed by atoms with Crippen LogP contribution in [0.25, 0.3) is 15.2 Å². The Kier molecular flexibility index (Phi) is 4.73. The van der Waals surface area contributed by atoms with E-state index in [0.717, 1.165) is 15.8 Å². The highest BCUT2D eigenvalue weighted by molar-refractivity contribution is 7.23. The number of fused-ring (bicyclic) bond motifs is 3. The van der Waals surface area contributed by atoms with Crippen molar-refractivity contribution in [3.8, 4) is 0 Å². The van der Waals surface area contributed by atoms with E-state index >= 15 is 0 Å². The van der Waals surface area contributed by atoms with Gasteiger partial charge in [-0.25, -0.2) is 4.98 Å². The van der Waals surface area contributed by atoms with Gasteiger partial charge in [0.2, 0.25) is 0 Å². The second kappa shape index (κ2) is 7.32. The molecule has 0 aliphatic heterocycles. The zero-order valence-corrected chi connectivity index (χ0v) is 15.6. The lowest BCUT2D eigenvalue weighted by atomic mass is 9.97. The van der Waals surface area contributed by atoms with E-state index in [0.29, 0.717) is 17.1 Å². The van der Waals surface area contributed by atoms with Crippen LogP contribution in [0.5, 0.6) is 0 Å². The van der Waals surface area contributed by atoms with Crippen molar-refractivity contribution < 1.29 is 9.53 Å². The molecule has 0 N–H and O–H groups in total. The molecule has 1 atom stereocenters. The van der Waals surface area contributed by atoms with Gasteiger partial charge in [0.1, 0.15) is 6.61 Å². The van der Waals surface area contributed by atoms with Crippen molar-refractivity contribution in [2.75, 3.05) is 0 Å². The monoisotopic (exact) mass is 378 g/mol. The van der Waals surface area contributed by atoms with Crippen LogP contribution < -0.4 is 5.56 Å². The highest BCUT2D eigenvalue weighted by Gasteiger charge is 2.20. The molecule has 0 spiro atoms. The van der Waals surface area contributed by atoms with Crippen LogP contribution in [0.4, 0.5) is 0 Å². The van der Waals surface area contributed by atoms with Crippen molar-refractivity contribution in [2.45, 2.75) is 25.9 Å². The number of rotatable bonds is 5. The largest absolute Gasteiger partial charge is 0.459 e. The van der Waals surface area contributed by atoms with Gasteiger partial charge in [-0.3, -0.25) is 14.0 Å². The molecule has 0 saturated carbocycles. The van der Waals surface area contributed by atoms with Crippen molar-refractivity contribution in [3.63, 3.8) is 0 Å². The molecule has 2 aromatic carbocycles. The molecule has 4 aromatic rings. The normalized spacial score (nSPS) is 12.3. The smallest absolute Gasteiger partial charge is 0.313 e. The lowest BCUT2D eigenvalue weighted by molar-refractivity contribution is -0.147. The third-order valence-corrected chi connectivity index (χ3v) is 5.53. The summed E-state index contributed by atoms with van der Waals surface area (Å²) in [5, 5.41) is 0. The van der Waals surface area contributed by atoms with Gasteiger partial charge in [-0.05, 0) is 24.1 Å². The summed E-state index contributed by atoms with van der Waals surface area (Å²) in [4.78, 5) is 30.1. The second-order valence-corrected chi connectivity index (χ2v) is 7.26. The van der Waals surface area contributed by atoms with Gasteiger partial charge in [0.25, 0.3) is 5.56 Å². The third-order valence-electron chi connectivity index (χ3n) is 4.51. The molecule has 1 unspecified atom stereocenters. The number of benzene rings is 2. The average molecular weight is 378 g/mol. The Labute approximate surface area is 159 Å². The van der Waals surface area contributed by atoms with E-state index in [9.17, 15) is 9.59 Å². The van der Waals surface area contributed by atoms with Crippen LogP contribution in [0, 0.1) is 0 Å². The predicted octanol–water partition coefficient (Wildman–Crippen LogP) is 4.15. The number of nitrogens with zero attached hydrogens (tertiary/aromatic N) is 2.